The van der Waals surface area contributed by atoms with Gasteiger partial charge in [0.2, 0.25) is 0 Å². The molecule has 0 saturated heterocycles. The molecule has 8 rings (SSSR count). The van der Waals surface area contributed by atoms with Crippen LogP contribution in [0.25, 0.3) is 38.8 Å². The Bertz CT molecular complexity index is 1950. The minimum Gasteiger partial charge on any atom is -0.306 e. The summed E-state index contributed by atoms with van der Waals surface area (Å²) < 4.78 is 1.96. The lowest BCUT2D eigenvalue weighted by Gasteiger charge is -2.27. The van der Waals surface area contributed by atoms with E-state index in [9.17, 15) is 4.79 Å². The summed E-state index contributed by atoms with van der Waals surface area (Å²) in [5, 5.41) is 9.67. The average Bonchev–Trinajstić information content (AvgIpc) is 3.78. The molecule has 0 spiro atoms. The highest BCUT2D eigenvalue weighted by molar-refractivity contribution is 6.08. The fourth-order valence-electron chi connectivity index (χ4n) is 6.37. The van der Waals surface area contributed by atoms with Gasteiger partial charge < -0.3 is 4.57 Å². The molecule has 1 N–H and O–H groups in total. The van der Waals surface area contributed by atoms with E-state index in [0.29, 0.717) is 12.8 Å². The van der Waals surface area contributed by atoms with Gasteiger partial charge in [0.05, 0.1) is 35.8 Å². The number of aliphatic imine (C=N–C) groups is 1. The number of ketones is 1. The van der Waals surface area contributed by atoms with E-state index in [1.165, 1.54) is 16.7 Å². The SMILES string of the molecule is O=C(Cc1ccc(-n2ccnc2)cc1)C1CCc2c(c(-c3ccc4c(c3)C=NC4)nc3ccc4[nH]ncc4c23)C1. The number of imidazole rings is 1. The van der Waals surface area contributed by atoms with Crippen molar-refractivity contribution in [1.29, 1.82) is 0 Å². The zero-order chi connectivity index (χ0) is 26.6. The summed E-state index contributed by atoms with van der Waals surface area (Å²) in [7, 11) is 0. The van der Waals surface area contributed by atoms with Gasteiger partial charge in [-0.3, -0.25) is 14.9 Å². The largest absolute Gasteiger partial charge is 0.306 e. The van der Waals surface area contributed by atoms with Crippen molar-refractivity contribution in [3.8, 4) is 16.9 Å². The summed E-state index contributed by atoms with van der Waals surface area (Å²) in [5.41, 5.74) is 11.0. The lowest BCUT2D eigenvalue weighted by molar-refractivity contribution is -0.122. The molecular formula is C33H26N6O. The average molecular weight is 523 g/mol. The summed E-state index contributed by atoms with van der Waals surface area (Å²) in [4.78, 5) is 27.4. The Morgan fingerprint density at radius 1 is 1.05 bits per heavy atom. The maximum atomic E-state index is 13.7. The minimum atomic E-state index is -0.0432. The van der Waals surface area contributed by atoms with Gasteiger partial charge >= 0.3 is 0 Å². The number of pyridine rings is 1. The standard InChI is InChI=1S/C33H26N6O/c40-31(13-20-1-6-25(7-2-20)39-12-11-34-19-39)21-5-8-26-27(15-21)33(22-3-4-23-16-35-17-24(23)14-22)37-30-10-9-29-28(32(26)30)18-36-38-29/h1-4,6-7,9-12,14,17-19,21H,5,8,13,15-16H2,(H,36,38). The maximum absolute atomic E-state index is 13.7. The van der Waals surface area contributed by atoms with Gasteiger partial charge in [0.1, 0.15) is 5.78 Å². The smallest absolute Gasteiger partial charge is 0.140 e. The van der Waals surface area contributed by atoms with Crippen molar-refractivity contribution in [2.24, 2.45) is 10.9 Å². The molecule has 1 aliphatic heterocycles. The van der Waals surface area contributed by atoms with E-state index in [4.69, 9.17) is 4.98 Å². The third-order valence-electron chi connectivity index (χ3n) is 8.46. The van der Waals surface area contributed by atoms with Gasteiger partial charge in [-0.2, -0.15) is 5.10 Å². The summed E-state index contributed by atoms with van der Waals surface area (Å²) in [5.74, 6) is 0.244. The third kappa shape index (κ3) is 3.77. The van der Waals surface area contributed by atoms with Crippen LogP contribution in [0.15, 0.2) is 84.5 Å². The fourth-order valence-corrected chi connectivity index (χ4v) is 6.37. The van der Waals surface area contributed by atoms with E-state index >= 15 is 0 Å². The lowest BCUT2D eigenvalue weighted by Crippen LogP contribution is -2.25. The number of carbonyl (C=O) groups excluding carboxylic acids is 1. The van der Waals surface area contributed by atoms with Crippen LogP contribution in [-0.2, 0) is 30.6 Å². The van der Waals surface area contributed by atoms with E-state index in [1.54, 1.807) is 12.5 Å². The molecule has 0 fully saturated rings. The van der Waals surface area contributed by atoms with Gasteiger partial charge in [-0.1, -0.05) is 24.3 Å². The molecule has 2 aliphatic rings. The van der Waals surface area contributed by atoms with Crippen LogP contribution in [0, 0.1) is 5.92 Å². The van der Waals surface area contributed by atoms with Gasteiger partial charge in [-0.05, 0) is 77.4 Å². The van der Waals surface area contributed by atoms with Gasteiger partial charge in [-0.25, -0.2) is 9.97 Å². The predicted molar refractivity (Wildman–Crippen MR) is 156 cm³/mol. The highest BCUT2D eigenvalue weighted by atomic mass is 16.1. The Morgan fingerprint density at radius 2 is 1.98 bits per heavy atom. The topological polar surface area (TPSA) is 88.8 Å². The second-order valence-corrected chi connectivity index (χ2v) is 10.8. The molecule has 0 saturated carbocycles. The highest BCUT2D eigenvalue weighted by Gasteiger charge is 2.30. The molecule has 194 valence electrons. The van der Waals surface area contributed by atoms with Crippen molar-refractivity contribution in [3.63, 3.8) is 0 Å². The highest BCUT2D eigenvalue weighted by Crippen LogP contribution is 2.40. The number of carbonyl (C=O) groups is 1. The molecule has 4 heterocycles. The second-order valence-electron chi connectivity index (χ2n) is 10.8. The quantitative estimate of drug-likeness (QED) is 0.309. The molecule has 0 amide bonds. The first-order valence-electron chi connectivity index (χ1n) is 13.7. The molecule has 7 heteroatoms. The molecule has 1 unspecified atom stereocenters. The van der Waals surface area contributed by atoms with Crippen LogP contribution >= 0.6 is 0 Å². The van der Waals surface area contributed by atoms with Crippen molar-refractivity contribution >= 4 is 33.8 Å². The molecule has 6 aromatic rings. The summed E-state index contributed by atoms with van der Waals surface area (Å²) in [6.45, 7) is 0.733. The van der Waals surface area contributed by atoms with E-state index in [0.717, 1.165) is 69.3 Å². The Hall–Kier alpha value is -4.91. The van der Waals surface area contributed by atoms with Crippen molar-refractivity contribution in [2.75, 3.05) is 0 Å². The zero-order valence-corrected chi connectivity index (χ0v) is 21.8. The van der Waals surface area contributed by atoms with Gasteiger partial charge in [0.15, 0.2) is 0 Å². The van der Waals surface area contributed by atoms with E-state index in [-0.39, 0.29) is 11.7 Å². The molecule has 1 aliphatic carbocycles. The third-order valence-corrected chi connectivity index (χ3v) is 8.46. The van der Waals surface area contributed by atoms with Crippen LogP contribution in [0.4, 0.5) is 0 Å². The van der Waals surface area contributed by atoms with Crippen molar-refractivity contribution in [2.45, 2.75) is 32.2 Å². The molecule has 7 nitrogen and oxygen atoms in total. The van der Waals surface area contributed by atoms with Crippen LogP contribution < -0.4 is 0 Å². The first-order chi connectivity index (χ1) is 19.7. The molecule has 0 bridgehead atoms. The van der Waals surface area contributed by atoms with Gasteiger partial charge in [0.25, 0.3) is 0 Å². The molecule has 1 atom stereocenters. The number of nitrogens with one attached hydrogen (secondary N) is 1. The molecule has 3 aromatic heterocycles. The number of benzene rings is 3. The number of aryl methyl sites for hydroxylation is 1. The Balaban J connectivity index is 1.17. The number of nitrogens with zero attached hydrogens (tertiary/aromatic N) is 5. The van der Waals surface area contributed by atoms with Crippen molar-refractivity contribution in [1.82, 2.24) is 24.7 Å². The summed E-state index contributed by atoms with van der Waals surface area (Å²) >= 11 is 0. The van der Waals surface area contributed by atoms with E-state index in [2.05, 4.69) is 50.5 Å². The monoisotopic (exact) mass is 522 g/mol. The zero-order valence-electron chi connectivity index (χ0n) is 21.8. The first kappa shape index (κ1) is 23.0. The van der Waals surface area contributed by atoms with E-state index < -0.39 is 0 Å². The van der Waals surface area contributed by atoms with Crippen LogP contribution in [0.2, 0.25) is 0 Å². The second kappa shape index (κ2) is 9.09. The van der Waals surface area contributed by atoms with Crippen LogP contribution in [0.1, 0.15) is 34.2 Å². The van der Waals surface area contributed by atoms with Crippen molar-refractivity contribution < 1.29 is 4.79 Å². The molecule has 0 radical (unpaired) electrons. The number of hydrogen-bond donors (Lipinski definition) is 1. The number of fused-ring (bicyclic) bond motifs is 6. The lowest BCUT2D eigenvalue weighted by atomic mass is 9.77. The number of aromatic nitrogens is 5. The van der Waals surface area contributed by atoms with Gasteiger partial charge in [0, 0.05) is 53.0 Å². The Labute approximate surface area is 230 Å². The number of hydrogen-bond acceptors (Lipinski definition) is 5. The summed E-state index contributed by atoms with van der Waals surface area (Å²) in [6.07, 6.45) is 12.1. The van der Waals surface area contributed by atoms with Crippen LogP contribution in [0.3, 0.4) is 0 Å². The predicted octanol–water partition coefficient (Wildman–Crippen LogP) is 5.81. The molecular weight excluding hydrogens is 496 g/mol. The number of Topliss-reactive ketones (excluding diaryl/α,β-unsaturated/α-hetero) is 1. The Morgan fingerprint density at radius 3 is 2.85 bits per heavy atom. The fraction of sp³-hybridized carbons (Fsp3) is 0.182. The summed E-state index contributed by atoms with van der Waals surface area (Å²) in [6, 6.07) is 18.8. The van der Waals surface area contributed by atoms with Crippen molar-refractivity contribution in [3.05, 3.63) is 107 Å². The van der Waals surface area contributed by atoms with Crippen LogP contribution in [-0.4, -0.2) is 36.7 Å². The molecule has 40 heavy (non-hydrogen) atoms. The number of H-pyrrole nitrogens is 1. The van der Waals surface area contributed by atoms with Gasteiger partial charge in [-0.15, -0.1) is 0 Å². The Kier molecular flexibility index (Phi) is 5.23. The first-order valence-corrected chi connectivity index (χ1v) is 13.7. The minimum absolute atomic E-state index is 0.0432. The number of rotatable bonds is 5. The van der Waals surface area contributed by atoms with Crippen LogP contribution in [0.5, 0.6) is 0 Å². The molecule has 3 aromatic carbocycles. The maximum Gasteiger partial charge on any atom is 0.140 e. The number of aromatic amines is 1. The van der Waals surface area contributed by atoms with E-state index in [1.807, 2.05) is 47.4 Å². The normalized spacial score (nSPS) is 15.9.